The minimum Gasteiger partial charge on any atom is -0.488 e. The fraction of sp³-hybridized carbons (Fsp3) is 0.318. The minimum atomic E-state index is -0.402. The molecule has 0 saturated heterocycles. The summed E-state index contributed by atoms with van der Waals surface area (Å²) in [5, 5.41) is 2.68. The zero-order valence-corrected chi connectivity index (χ0v) is 17.0. The molecular weight excluding hydrogens is 386 g/mol. The van der Waals surface area contributed by atoms with Crippen molar-refractivity contribution in [1.82, 2.24) is 16.2 Å². The molecule has 6 nitrogen and oxygen atoms in total. The Hall–Kier alpha value is -2.93. The fourth-order valence-corrected chi connectivity index (χ4v) is 3.55. The smallest absolute Gasteiger partial charge is 0.273 e. The quantitative estimate of drug-likeness (QED) is 0.501. The number of thiocarbonyl (C=S) groups is 1. The average molecular weight is 412 g/mol. The van der Waals surface area contributed by atoms with E-state index in [1.54, 1.807) is 24.3 Å². The van der Waals surface area contributed by atoms with Crippen molar-refractivity contribution in [3.63, 3.8) is 0 Å². The Morgan fingerprint density at radius 3 is 2.41 bits per heavy atom. The molecule has 0 radical (unpaired) electrons. The van der Waals surface area contributed by atoms with E-state index < -0.39 is 5.91 Å². The first kappa shape index (κ1) is 20.8. The molecule has 0 spiro atoms. The second-order valence-corrected chi connectivity index (χ2v) is 7.49. The molecule has 29 heavy (non-hydrogen) atoms. The Morgan fingerprint density at radius 1 is 0.966 bits per heavy atom. The van der Waals surface area contributed by atoms with Crippen LogP contribution in [0.4, 0.5) is 0 Å². The van der Waals surface area contributed by atoms with Crippen LogP contribution in [0.2, 0.25) is 0 Å². The van der Waals surface area contributed by atoms with E-state index >= 15 is 0 Å². The van der Waals surface area contributed by atoms with Crippen LogP contribution in [-0.2, 0) is 11.4 Å². The zero-order valence-electron chi connectivity index (χ0n) is 16.1. The van der Waals surface area contributed by atoms with E-state index in [2.05, 4.69) is 16.2 Å². The molecule has 2 amide bonds. The van der Waals surface area contributed by atoms with Crippen molar-refractivity contribution in [2.75, 3.05) is 0 Å². The van der Waals surface area contributed by atoms with Crippen LogP contribution in [0.1, 0.15) is 48.0 Å². The Morgan fingerprint density at radius 2 is 1.66 bits per heavy atom. The van der Waals surface area contributed by atoms with E-state index in [1.165, 1.54) is 12.8 Å². The highest BCUT2D eigenvalue weighted by molar-refractivity contribution is 7.80. The summed E-state index contributed by atoms with van der Waals surface area (Å²) in [5.41, 5.74) is 6.47. The first-order chi connectivity index (χ1) is 14.1. The molecule has 1 aliphatic rings. The number of hydrogen-bond donors (Lipinski definition) is 3. The molecule has 2 aromatic carbocycles. The van der Waals surface area contributed by atoms with Gasteiger partial charge < -0.3 is 10.1 Å². The van der Waals surface area contributed by atoms with Gasteiger partial charge in [0.25, 0.3) is 5.91 Å². The lowest BCUT2D eigenvalue weighted by atomic mass is 10.0. The van der Waals surface area contributed by atoms with E-state index in [4.69, 9.17) is 17.0 Å². The van der Waals surface area contributed by atoms with Gasteiger partial charge in [-0.3, -0.25) is 20.4 Å². The predicted molar refractivity (Wildman–Crippen MR) is 115 cm³/mol. The highest BCUT2D eigenvalue weighted by atomic mass is 32.1. The van der Waals surface area contributed by atoms with Crippen LogP contribution in [0.3, 0.4) is 0 Å². The Labute approximate surface area is 176 Å². The van der Waals surface area contributed by atoms with Gasteiger partial charge in [-0.25, -0.2) is 0 Å². The minimum absolute atomic E-state index is 0.0732. The third-order valence-electron chi connectivity index (χ3n) is 4.86. The molecule has 1 aliphatic carbocycles. The Balaban J connectivity index is 1.48. The lowest BCUT2D eigenvalue weighted by Crippen LogP contribution is -2.48. The number of rotatable bonds is 6. The van der Waals surface area contributed by atoms with Gasteiger partial charge in [-0.05, 0) is 48.7 Å². The van der Waals surface area contributed by atoms with Crippen molar-refractivity contribution in [3.05, 3.63) is 65.7 Å². The van der Waals surface area contributed by atoms with Gasteiger partial charge in [0.05, 0.1) is 5.56 Å². The van der Waals surface area contributed by atoms with Crippen LogP contribution >= 0.6 is 12.2 Å². The summed E-state index contributed by atoms with van der Waals surface area (Å²) in [6.07, 6.45) is 5.01. The number of hydrogen-bond acceptors (Lipinski definition) is 4. The van der Waals surface area contributed by atoms with Crippen LogP contribution in [0.15, 0.2) is 54.6 Å². The van der Waals surface area contributed by atoms with Gasteiger partial charge in [-0.2, -0.15) is 0 Å². The van der Waals surface area contributed by atoms with Gasteiger partial charge in [0.1, 0.15) is 12.4 Å². The van der Waals surface area contributed by atoms with Gasteiger partial charge in [-0.15, -0.1) is 0 Å². The highest BCUT2D eigenvalue weighted by Gasteiger charge is 2.19. The van der Waals surface area contributed by atoms with Crippen LogP contribution in [0.25, 0.3) is 0 Å². The second-order valence-electron chi connectivity index (χ2n) is 7.08. The number of carbonyl (C=O) groups is 2. The number of nitrogens with one attached hydrogen (secondary N) is 3. The molecule has 7 heteroatoms. The molecule has 3 rings (SSSR count). The van der Waals surface area contributed by atoms with E-state index in [0.717, 1.165) is 18.4 Å². The van der Waals surface area contributed by atoms with Gasteiger partial charge in [0, 0.05) is 6.42 Å². The largest absolute Gasteiger partial charge is 0.488 e. The van der Waals surface area contributed by atoms with Crippen molar-refractivity contribution < 1.29 is 14.3 Å². The van der Waals surface area contributed by atoms with Crippen LogP contribution in [-0.4, -0.2) is 16.9 Å². The van der Waals surface area contributed by atoms with Crippen molar-refractivity contribution in [1.29, 1.82) is 0 Å². The summed E-state index contributed by atoms with van der Waals surface area (Å²) < 4.78 is 5.80. The fourth-order valence-electron chi connectivity index (χ4n) is 3.38. The number of ether oxygens (including phenoxy) is 1. The monoisotopic (exact) mass is 411 g/mol. The van der Waals surface area contributed by atoms with Crippen molar-refractivity contribution in [3.8, 4) is 5.75 Å². The van der Waals surface area contributed by atoms with Gasteiger partial charge >= 0.3 is 0 Å². The number of benzene rings is 2. The number of amides is 2. The molecule has 0 aliphatic heterocycles. The third-order valence-corrected chi connectivity index (χ3v) is 5.06. The zero-order chi connectivity index (χ0) is 20.5. The van der Waals surface area contributed by atoms with Crippen molar-refractivity contribution in [2.45, 2.75) is 38.7 Å². The van der Waals surface area contributed by atoms with E-state index in [0.29, 0.717) is 30.3 Å². The molecule has 0 aromatic heterocycles. The van der Waals surface area contributed by atoms with Gasteiger partial charge in [-0.1, -0.05) is 55.3 Å². The SMILES string of the molecule is O=C(CC1CCCC1)NC(=S)NNC(=O)c1ccccc1OCc1ccccc1. The molecule has 0 bridgehead atoms. The lowest BCUT2D eigenvalue weighted by Gasteiger charge is -2.14. The van der Waals surface area contributed by atoms with Crippen molar-refractivity contribution in [2.24, 2.45) is 5.92 Å². The van der Waals surface area contributed by atoms with Crippen LogP contribution in [0, 0.1) is 5.92 Å². The molecule has 1 saturated carbocycles. The lowest BCUT2D eigenvalue weighted by molar-refractivity contribution is -0.120. The molecule has 0 heterocycles. The normalized spacial score (nSPS) is 13.5. The number of para-hydroxylation sites is 1. The number of carbonyl (C=O) groups excluding carboxylic acids is 2. The summed E-state index contributed by atoms with van der Waals surface area (Å²) in [6, 6.07) is 16.7. The standard InChI is InChI=1S/C22H25N3O3S/c26-20(14-16-8-4-5-9-16)23-22(29)25-24-21(27)18-12-6-7-13-19(18)28-15-17-10-2-1-3-11-17/h1-3,6-7,10-13,16H,4-5,8-9,14-15H2,(H,24,27)(H2,23,25,26,29). The van der Waals surface area contributed by atoms with Crippen molar-refractivity contribution >= 4 is 29.1 Å². The Bertz CT molecular complexity index is 851. The molecular formula is C22H25N3O3S. The third kappa shape index (κ3) is 6.57. The molecule has 0 unspecified atom stereocenters. The molecule has 3 N–H and O–H groups in total. The first-order valence-electron chi connectivity index (χ1n) is 9.78. The molecule has 0 atom stereocenters. The van der Waals surface area contributed by atoms with E-state index in [1.807, 2.05) is 30.3 Å². The summed E-state index contributed by atoms with van der Waals surface area (Å²) in [5.74, 6) is 0.365. The van der Waals surface area contributed by atoms with Crippen LogP contribution < -0.4 is 20.9 Å². The first-order valence-corrected chi connectivity index (χ1v) is 10.2. The number of hydrazine groups is 1. The maximum Gasteiger partial charge on any atom is 0.273 e. The summed E-state index contributed by atoms with van der Waals surface area (Å²) in [4.78, 5) is 24.5. The topological polar surface area (TPSA) is 79.5 Å². The second kappa shape index (κ2) is 10.6. The molecule has 2 aromatic rings. The van der Waals surface area contributed by atoms with E-state index in [9.17, 15) is 9.59 Å². The predicted octanol–water partition coefficient (Wildman–Crippen LogP) is 3.48. The Kier molecular flexibility index (Phi) is 7.58. The van der Waals surface area contributed by atoms with Gasteiger partial charge in [0.2, 0.25) is 5.91 Å². The highest BCUT2D eigenvalue weighted by Crippen LogP contribution is 2.27. The maximum absolute atomic E-state index is 12.5. The maximum atomic E-state index is 12.5. The summed E-state index contributed by atoms with van der Waals surface area (Å²) >= 11 is 5.10. The molecule has 152 valence electrons. The van der Waals surface area contributed by atoms with Gasteiger partial charge in [0.15, 0.2) is 5.11 Å². The summed E-state index contributed by atoms with van der Waals surface area (Å²) in [7, 11) is 0. The van der Waals surface area contributed by atoms with Crippen LogP contribution in [0.5, 0.6) is 5.75 Å². The summed E-state index contributed by atoms with van der Waals surface area (Å²) in [6.45, 7) is 0.355. The average Bonchev–Trinajstić information content (AvgIpc) is 3.24. The van der Waals surface area contributed by atoms with E-state index in [-0.39, 0.29) is 11.0 Å². The molecule has 1 fully saturated rings.